The van der Waals surface area contributed by atoms with Crippen LogP contribution in [0.5, 0.6) is 0 Å². The number of benzene rings is 1. The summed E-state index contributed by atoms with van der Waals surface area (Å²) in [6.45, 7) is 0. The summed E-state index contributed by atoms with van der Waals surface area (Å²) in [7, 11) is -2.75. The monoisotopic (exact) mass is 415 g/mol. The first-order valence-corrected chi connectivity index (χ1v) is 10.2. The van der Waals surface area contributed by atoms with Gasteiger partial charge < -0.3 is 4.84 Å². The van der Waals surface area contributed by atoms with E-state index in [0.717, 1.165) is 0 Å². The topological polar surface area (TPSA) is 107 Å². The molecule has 3 rings (SSSR count). The number of hydrogen-bond donors (Lipinski definition) is 0. The molecule has 0 radical (unpaired) electrons. The Morgan fingerprint density at radius 1 is 1.26 bits per heavy atom. The number of fused-ring (bicyclic) bond motifs is 1. The Bertz CT molecular complexity index is 985. The van der Waals surface area contributed by atoms with Crippen molar-refractivity contribution in [1.29, 1.82) is 0 Å². The van der Waals surface area contributed by atoms with Crippen molar-refractivity contribution in [3.05, 3.63) is 28.0 Å². The number of carbonyl (C=O) groups is 3. The zero-order chi connectivity index (χ0) is 19.9. The van der Waals surface area contributed by atoms with E-state index in [1.54, 1.807) is 0 Å². The number of ketones is 3. The molecule has 1 heterocycles. The van der Waals surface area contributed by atoms with Gasteiger partial charge in [0.25, 0.3) is 0 Å². The fraction of sp³-hybridized carbons (Fsp3) is 0.412. The van der Waals surface area contributed by atoms with Crippen molar-refractivity contribution in [1.82, 2.24) is 0 Å². The second-order valence-electron chi connectivity index (χ2n) is 6.30. The molecule has 0 bridgehead atoms. The third-order valence-electron chi connectivity index (χ3n) is 4.60. The van der Waals surface area contributed by atoms with Crippen LogP contribution in [0.2, 0.25) is 5.02 Å². The van der Waals surface area contributed by atoms with Crippen LogP contribution in [-0.4, -0.2) is 44.3 Å². The van der Waals surface area contributed by atoms with Crippen molar-refractivity contribution >= 4 is 44.5 Å². The number of carbonyl (C=O) groups excluding carboxylic acids is 3. The van der Waals surface area contributed by atoms with E-state index in [4.69, 9.17) is 11.6 Å². The van der Waals surface area contributed by atoms with E-state index in [2.05, 4.69) is 9.99 Å². The van der Waals surface area contributed by atoms with Crippen molar-refractivity contribution in [2.75, 3.05) is 12.9 Å². The van der Waals surface area contributed by atoms with Gasteiger partial charge >= 0.3 is 0 Å². The smallest absolute Gasteiger partial charge is 0.182 e. The van der Waals surface area contributed by atoms with E-state index >= 15 is 0 Å². The lowest BCUT2D eigenvalue weighted by Gasteiger charge is -2.23. The third-order valence-corrected chi connectivity index (χ3v) is 6.75. The van der Waals surface area contributed by atoms with Gasteiger partial charge in [-0.1, -0.05) is 16.8 Å². The highest BCUT2D eigenvalue weighted by atomic mass is 35.5. The molecule has 0 saturated heterocycles. The van der Waals surface area contributed by atoms with Gasteiger partial charge in [0.15, 0.2) is 27.2 Å². The molecule has 0 amide bonds. The van der Waals surface area contributed by atoms with Crippen molar-refractivity contribution in [2.45, 2.75) is 30.6 Å². The van der Waals surface area contributed by atoms with Crippen molar-refractivity contribution in [3.63, 3.8) is 0 Å². The first kappa shape index (κ1) is 19.6. The number of sulfone groups is 1. The second kappa shape index (κ2) is 7.12. The van der Waals surface area contributed by atoms with E-state index < -0.39 is 49.4 Å². The number of oxime groups is 1. The number of Topliss-reactive ketones (excluding diaryl/α,β-unsaturated/α-hetero) is 3. The predicted octanol–water partition coefficient (Wildman–Crippen LogP) is 2.13. The Morgan fingerprint density at radius 3 is 2.48 bits per heavy atom. The van der Waals surface area contributed by atoms with Crippen LogP contribution >= 0.6 is 11.6 Å². The van der Waals surface area contributed by atoms with E-state index in [1.807, 2.05) is 0 Å². The van der Waals surface area contributed by atoms with E-state index in [0.29, 0.717) is 12.5 Å². The zero-order valence-electron chi connectivity index (χ0n) is 14.3. The maximum Gasteiger partial charge on any atom is 0.182 e. The average Bonchev–Trinajstić information content (AvgIpc) is 2.59. The largest absolute Gasteiger partial charge is 0.399 e. The summed E-state index contributed by atoms with van der Waals surface area (Å²) in [5.41, 5.74) is -0.603. The minimum atomic E-state index is -3.98. The molecule has 27 heavy (non-hydrogen) atoms. The van der Waals surface area contributed by atoms with Crippen LogP contribution in [0.25, 0.3) is 0 Å². The van der Waals surface area contributed by atoms with Crippen LogP contribution in [0.15, 0.2) is 16.1 Å². The normalized spacial score (nSPS) is 21.2. The zero-order valence-corrected chi connectivity index (χ0v) is 15.8. The van der Waals surface area contributed by atoms with Gasteiger partial charge in [0, 0.05) is 30.4 Å². The highest BCUT2D eigenvalue weighted by Crippen LogP contribution is 2.37. The predicted molar refractivity (Wildman–Crippen MR) is 93.3 cm³/mol. The molecular formula is C17H15ClFNO6S. The van der Waals surface area contributed by atoms with Crippen LogP contribution in [0, 0.1) is 11.7 Å². The molecule has 0 atom stereocenters. The lowest BCUT2D eigenvalue weighted by molar-refractivity contribution is -0.133. The third kappa shape index (κ3) is 3.29. The van der Waals surface area contributed by atoms with Gasteiger partial charge in [0.05, 0.1) is 16.5 Å². The fourth-order valence-corrected chi connectivity index (χ4v) is 5.32. The van der Waals surface area contributed by atoms with E-state index in [9.17, 15) is 27.2 Å². The molecule has 1 aliphatic carbocycles. The van der Waals surface area contributed by atoms with E-state index in [1.165, 1.54) is 7.11 Å². The molecule has 2 aliphatic rings. The van der Waals surface area contributed by atoms with E-state index in [-0.39, 0.29) is 41.3 Å². The van der Waals surface area contributed by atoms with Crippen LogP contribution in [0.1, 0.15) is 41.6 Å². The summed E-state index contributed by atoms with van der Waals surface area (Å²) in [6, 6.07) is 0.673. The Balaban J connectivity index is 2.23. The minimum absolute atomic E-state index is 0.0674. The second-order valence-corrected chi connectivity index (χ2v) is 8.72. The fourth-order valence-electron chi connectivity index (χ4n) is 3.36. The summed E-state index contributed by atoms with van der Waals surface area (Å²) in [5.74, 6) is -5.15. The van der Waals surface area contributed by atoms with Gasteiger partial charge in [-0.15, -0.1) is 0 Å². The first-order valence-electron chi connectivity index (χ1n) is 8.13. The molecule has 0 aromatic heterocycles. The Morgan fingerprint density at radius 2 is 1.89 bits per heavy atom. The van der Waals surface area contributed by atoms with Gasteiger partial charge in [-0.2, -0.15) is 0 Å². The van der Waals surface area contributed by atoms with Gasteiger partial charge in [0.2, 0.25) is 0 Å². The van der Waals surface area contributed by atoms with Gasteiger partial charge in [-0.25, -0.2) is 12.8 Å². The Labute approximate surface area is 159 Å². The Kier molecular flexibility index (Phi) is 5.18. The van der Waals surface area contributed by atoms with Gasteiger partial charge in [-0.3, -0.25) is 14.4 Å². The molecular weight excluding hydrogens is 401 g/mol. The van der Waals surface area contributed by atoms with Crippen molar-refractivity contribution < 1.29 is 32.0 Å². The maximum absolute atomic E-state index is 14.7. The summed E-state index contributed by atoms with van der Waals surface area (Å²) >= 11 is 6.26. The van der Waals surface area contributed by atoms with Gasteiger partial charge in [-0.05, 0) is 12.5 Å². The Hall–Kier alpha value is -2.13. The molecule has 0 unspecified atom stereocenters. The SMILES string of the molecule is CON=C1CCS(=O)(=O)c2c(F)cc(C(=O)C3C(=O)CCCC3=O)c(Cl)c21. The molecule has 1 fully saturated rings. The summed E-state index contributed by atoms with van der Waals surface area (Å²) in [5, 5.41) is 3.33. The molecule has 1 aromatic rings. The molecule has 7 nitrogen and oxygen atoms in total. The van der Waals surface area contributed by atoms with Crippen LogP contribution in [-0.2, 0) is 24.3 Å². The van der Waals surface area contributed by atoms with Crippen LogP contribution in [0.3, 0.4) is 0 Å². The molecule has 144 valence electrons. The number of hydrogen-bond acceptors (Lipinski definition) is 7. The van der Waals surface area contributed by atoms with Gasteiger partial charge in [0.1, 0.15) is 23.7 Å². The van der Waals surface area contributed by atoms with Crippen LogP contribution < -0.4 is 0 Å². The highest BCUT2D eigenvalue weighted by molar-refractivity contribution is 7.91. The van der Waals surface area contributed by atoms with Crippen molar-refractivity contribution in [3.8, 4) is 0 Å². The molecule has 1 aromatic carbocycles. The number of nitrogens with zero attached hydrogens (tertiary/aromatic N) is 1. The lowest BCUT2D eigenvalue weighted by Crippen LogP contribution is -2.36. The maximum atomic E-state index is 14.7. The van der Waals surface area contributed by atoms with Crippen LogP contribution in [0.4, 0.5) is 4.39 Å². The molecule has 1 aliphatic heterocycles. The summed E-state index contributed by atoms with van der Waals surface area (Å²) in [6.07, 6.45) is 0.411. The molecule has 1 saturated carbocycles. The average molecular weight is 416 g/mol. The standard InChI is InChI=1S/C17H15ClFNO6S/c1-26-20-10-5-6-27(24,25)17-9(19)7-8(15(18)13(10)17)16(23)14-11(21)3-2-4-12(14)22/h7,14H,2-6H2,1H3. The number of halogens is 2. The molecule has 0 spiro atoms. The highest BCUT2D eigenvalue weighted by Gasteiger charge is 2.40. The molecule has 10 heteroatoms. The van der Waals surface area contributed by atoms with Crippen molar-refractivity contribution in [2.24, 2.45) is 11.1 Å². The lowest BCUT2D eigenvalue weighted by atomic mass is 9.81. The first-order chi connectivity index (χ1) is 12.7. The quantitative estimate of drug-likeness (QED) is 0.425. The number of rotatable bonds is 3. The summed E-state index contributed by atoms with van der Waals surface area (Å²) in [4.78, 5) is 40.9. The molecule has 0 N–H and O–H groups in total. The minimum Gasteiger partial charge on any atom is -0.399 e. The summed E-state index contributed by atoms with van der Waals surface area (Å²) < 4.78 is 39.3.